The molecule has 1 N–H and O–H groups in total. The van der Waals surface area contributed by atoms with Crippen LogP contribution in [0.2, 0.25) is 0 Å². The van der Waals surface area contributed by atoms with Crippen LogP contribution >= 0.6 is 0 Å². The molecular formula is C26H24F2N4O. The first-order valence-electron chi connectivity index (χ1n) is 10.9. The normalized spacial score (nSPS) is 15.4. The number of rotatable bonds is 5. The van der Waals surface area contributed by atoms with Gasteiger partial charge in [-0.15, -0.1) is 0 Å². The number of methoxy groups -OCH3 is 1. The van der Waals surface area contributed by atoms with Crippen molar-refractivity contribution in [2.45, 2.75) is 19.4 Å². The molecule has 0 bridgehead atoms. The molecule has 1 aromatic heterocycles. The maximum Gasteiger partial charge on any atom is 0.229 e. The van der Waals surface area contributed by atoms with E-state index in [-0.39, 0.29) is 5.82 Å². The number of hydrogen-bond acceptors (Lipinski definition) is 5. The highest BCUT2D eigenvalue weighted by molar-refractivity contribution is 5.95. The molecule has 1 atom stereocenters. The van der Waals surface area contributed by atoms with E-state index >= 15 is 0 Å². The number of benzene rings is 3. The number of alkyl halides is 1. The van der Waals surface area contributed by atoms with E-state index in [9.17, 15) is 8.78 Å². The zero-order valence-electron chi connectivity index (χ0n) is 18.5. The molecule has 0 radical (unpaired) electrons. The van der Waals surface area contributed by atoms with Crippen LogP contribution in [-0.4, -0.2) is 30.3 Å². The van der Waals surface area contributed by atoms with Crippen LogP contribution in [-0.2, 0) is 6.42 Å². The number of nitrogens with zero attached hydrogens (tertiary/aromatic N) is 3. The van der Waals surface area contributed by atoms with Gasteiger partial charge in [0.05, 0.1) is 13.2 Å². The summed E-state index contributed by atoms with van der Waals surface area (Å²) in [4.78, 5) is 11.5. The first-order valence-corrected chi connectivity index (χ1v) is 10.9. The van der Waals surface area contributed by atoms with Crippen molar-refractivity contribution in [3.63, 3.8) is 0 Å². The molecule has 0 amide bonds. The van der Waals surface area contributed by atoms with Crippen molar-refractivity contribution in [1.82, 2.24) is 9.97 Å². The predicted octanol–water partition coefficient (Wildman–Crippen LogP) is 5.90. The average molecular weight is 447 g/mol. The lowest BCUT2D eigenvalue weighted by Crippen LogP contribution is -2.37. The minimum Gasteiger partial charge on any atom is -0.494 e. The van der Waals surface area contributed by atoms with Crippen molar-refractivity contribution in [3.8, 4) is 5.75 Å². The van der Waals surface area contributed by atoms with Gasteiger partial charge in [0.2, 0.25) is 5.95 Å². The number of hydrogen-bond donors (Lipinski definition) is 1. The standard InChI is InChI=1S/C26H24F2N4O/c1-16-14-18(28)10-11-21(16)29-26-30-24-20(8-5-9-23(24)33-2)25(31-26)32-13-12-17-6-3-4-7-19(17)22(32)15-27/h3-11,14,22H,12-13,15H2,1-2H3,(H,29,30,31). The molecule has 168 valence electrons. The third-order valence-corrected chi connectivity index (χ3v) is 6.15. The highest BCUT2D eigenvalue weighted by atomic mass is 19.1. The molecule has 1 unspecified atom stereocenters. The first-order chi connectivity index (χ1) is 16.1. The molecule has 4 aromatic rings. The number of anilines is 3. The molecule has 5 nitrogen and oxygen atoms in total. The molecule has 33 heavy (non-hydrogen) atoms. The van der Waals surface area contributed by atoms with Crippen LogP contribution in [0.4, 0.5) is 26.2 Å². The predicted molar refractivity (Wildman–Crippen MR) is 127 cm³/mol. The lowest BCUT2D eigenvalue weighted by molar-refractivity contribution is 0.405. The van der Waals surface area contributed by atoms with Crippen LogP contribution < -0.4 is 15.0 Å². The second-order valence-electron chi connectivity index (χ2n) is 8.12. The molecule has 0 aliphatic carbocycles. The quantitative estimate of drug-likeness (QED) is 0.413. The van der Waals surface area contributed by atoms with Crippen LogP contribution in [0.25, 0.3) is 10.9 Å². The van der Waals surface area contributed by atoms with Gasteiger partial charge in [0.1, 0.15) is 29.6 Å². The number of ether oxygens (including phenoxy) is 1. The summed E-state index contributed by atoms with van der Waals surface area (Å²) in [5.74, 6) is 1.27. The fraction of sp³-hybridized carbons (Fsp3) is 0.231. The number of aromatic nitrogens is 2. The Morgan fingerprint density at radius 3 is 2.73 bits per heavy atom. The number of halogens is 2. The molecule has 0 spiro atoms. The van der Waals surface area contributed by atoms with Crippen LogP contribution in [0.15, 0.2) is 60.7 Å². The Kier molecular flexibility index (Phi) is 5.54. The Bertz CT molecular complexity index is 1330. The largest absolute Gasteiger partial charge is 0.494 e. The summed E-state index contributed by atoms with van der Waals surface area (Å²) >= 11 is 0. The summed E-state index contributed by atoms with van der Waals surface area (Å²) < 4.78 is 33.6. The summed E-state index contributed by atoms with van der Waals surface area (Å²) in [6, 6.07) is 17.7. The second-order valence-corrected chi connectivity index (χ2v) is 8.12. The van der Waals surface area contributed by atoms with Crippen molar-refractivity contribution < 1.29 is 13.5 Å². The van der Waals surface area contributed by atoms with E-state index < -0.39 is 12.7 Å². The Morgan fingerprint density at radius 2 is 1.94 bits per heavy atom. The smallest absolute Gasteiger partial charge is 0.229 e. The molecule has 0 fully saturated rings. The van der Waals surface area contributed by atoms with E-state index in [4.69, 9.17) is 14.7 Å². The Hall–Kier alpha value is -3.74. The topological polar surface area (TPSA) is 50.3 Å². The van der Waals surface area contributed by atoms with Crippen molar-refractivity contribution in [2.75, 3.05) is 30.5 Å². The minimum absolute atomic E-state index is 0.308. The van der Waals surface area contributed by atoms with Gasteiger partial charge in [-0.1, -0.05) is 30.3 Å². The van der Waals surface area contributed by atoms with Crippen molar-refractivity contribution in [1.29, 1.82) is 0 Å². The van der Waals surface area contributed by atoms with Crippen LogP contribution in [0.3, 0.4) is 0 Å². The summed E-state index contributed by atoms with van der Waals surface area (Å²) in [6.07, 6.45) is 0.794. The van der Waals surface area contributed by atoms with Crippen LogP contribution in [0, 0.1) is 12.7 Å². The molecule has 5 rings (SSSR count). The summed E-state index contributed by atoms with van der Waals surface area (Å²) in [5.41, 5.74) is 4.19. The van der Waals surface area contributed by atoms with Crippen molar-refractivity contribution >= 4 is 28.4 Å². The summed E-state index contributed by atoms with van der Waals surface area (Å²) in [7, 11) is 1.59. The van der Waals surface area contributed by atoms with E-state index in [1.54, 1.807) is 13.2 Å². The molecule has 1 aliphatic rings. The maximum absolute atomic E-state index is 14.4. The van der Waals surface area contributed by atoms with E-state index in [0.717, 1.165) is 28.5 Å². The number of fused-ring (bicyclic) bond motifs is 2. The zero-order valence-corrected chi connectivity index (χ0v) is 18.5. The van der Waals surface area contributed by atoms with E-state index in [0.29, 0.717) is 35.3 Å². The van der Waals surface area contributed by atoms with Gasteiger partial charge in [0.15, 0.2) is 0 Å². The molecule has 0 saturated carbocycles. The summed E-state index contributed by atoms with van der Waals surface area (Å²) in [5, 5.41) is 4.00. The first kappa shape index (κ1) is 21.1. The lowest BCUT2D eigenvalue weighted by Gasteiger charge is -2.37. The van der Waals surface area contributed by atoms with Crippen LogP contribution in [0.5, 0.6) is 5.75 Å². The minimum atomic E-state index is -0.535. The third-order valence-electron chi connectivity index (χ3n) is 6.15. The molecule has 2 heterocycles. The third kappa shape index (κ3) is 3.84. The fourth-order valence-electron chi connectivity index (χ4n) is 4.51. The van der Waals surface area contributed by atoms with E-state index in [1.807, 2.05) is 48.2 Å². The van der Waals surface area contributed by atoms with Crippen LogP contribution in [0.1, 0.15) is 22.7 Å². The fourth-order valence-corrected chi connectivity index (χ4v) is 4.51. The number of para-hydroxylation sites is 1. The SMILES string of the molecule is COc1cccc2c(N3CCc4ccccc4C3CF)nc(Nc3ccc(F)cc3C)nc12. The van der Waals surface area contributed by atoms with Gasteiger partial charge in [-0.3, -0.25) is 0 Å². The van der Waals surface area contributed by atoms with Gasteiger partial charge in [-0.2, -0.15) is 4.98 Å². The Labute approximate surface area is 191 Å². The second kappa shape index (κ2) is 8.65. The maximum atomic E-state index is 14.4. The van der Waals surface area contributed by atoms with Crippen molar-refractivity contribution in [2.24, 2.45) is 0 Å². The summed E-state index contributed by atoms with van der Waals surface area (Å²) in [6.45, 7) is 1.91. The molecule has 0 saturated heterocycles. The average Bonchev–Trinajstić information content (AvgIpc) is 2.84. The molecule has 3 aromatic carbocycles. The Morgan fingerprint density at radius 1 is 1.09 bits per heavy atom. The highest BCUT2D eigenvalue weighted by Gasteiger charge is 2.30. The van der Waals surface area contributed by atoms with E-state index in [2.05, 4.69) is 11.4 Å². The van der Waals surface area contributed by atoms with Crippen molar-refractivity contribution in [3.05, 3.63) is 83.2 Å². The van der Waals surface area contributed by atoms with Gasteiger partial charge >= 0.3 is 0 Å². The number of nitrogens with one attached hydrogen (secondary N) is 1. The Balaban J connectivity index is 1.66. The van der Waals surface area contributed by atoms with Gasteiger partial charge in [0, 0.05) is 17.6 Å². The lowest BCUT2D eigenvalue weighted by atomic mass is 9.93. The number of aryl methyl sites for hydroxylation is 1. The highest BCUT2D eigenvalue weighted by Crippen LogP contribution is 2.39. The van der Waals surface area contributed by atoms with Gasteiger partial charge in [0.25, 0.3) is 0 Å². The molecule has 1 aliphatic heterocycles. The molecular weight excluding hydrogens is 422 g/mol. The zero-order chi connectivity index (χ0) is 22.9. The molecule has 7 heteroatoms. The van der Waals surface area contributed by atoms with Gasteiger partial charge < -0.3 is 15.0 Å². The monoisotopic (exact) mass is 446 g/mol. The van der Waals surface area contributed by atoms with Gasteiger partial charge in [-0.05, 0) is 60.4 Å². The van der Waals surface area contributed by atoms with E-state index in [1.165, 1.54) is 12.1 Å². The van der Waals surface area contributed by atoms with Gasteiger partial charge in [-0.25, -0.2) is 13.8 Å².